The van der Waals surface area contributed by atoms with E-state index in [1.807, 2.05) is 20.8 Å². The Balaban J connectivity index is 4.07. The van der Waals surface area contributed by atoms with Crippen molar-refractivity contribution in [2.24, 2.45) is 0 Å². The maximum absolute atomic E-state index is 11.9. The van der Waals surface area contributed by atoms with Gasteiger partial charge in [0.05, 0.1) is 12.4 Å². The van der Waals surface area contributed by atoms with Crippen LogP contribution in [-0.4, -0.2) is 49.1 Å². The van der Waals surface area contributed by atoms with E-state index in [1.165, 1.54) is 0 Å². The normalized spacial score (nSPS) is 13.7. The highest BCUT2D eigenvalue weighted by molar-refractivity contribution is 7.99. The third-order valence-corrected chi connectivity index (χ3v) is 3.81. The zero-order valence-electron chi connectivity index (χ0n) is 12.4. The number of amides is 1. The van der Waals surface area contributed by atoms with Gasteiger partial charge in [-0.25, -0.2) is 0 Å². The summed E-state index contributed by atoms with van der Waals surface area (Å²) >= 11 is 1.58. The minimum Gasteiger partial charge on any atom is -0.465 e. The first-order valence-corrected chi connectivity index (χ1v) is 7.86. The van der Waals surface area contributed by atoms with Crippen LogP contribution >= 0.6 is 11.8 Å². The Bertz CT molecular complexity index is 287. The molecule has 0 fully saturated rings. The Morgan fingerprint density at radius 2 is 2.00 bits per heavy atom. The van der Waals surface area contributed by atoms with Crippen LogP contribution in [0.5, 0.6) is 0 Å². The molecule has 19 heavy (non-hydrogen) atoms. The van der Waals surface area contributed by atoms with Crippen molar-refractivity contribution in [3.63, 3.8) is 0 Å². The third kappa shape index (κ3) is 7.42. The molecule has 0 aliphatic carbocycles. The fraction of sp³-hybridized carbons (Fsp3) is 0.846. The van der Waals surface area contributed by atoms with Gasteiger partial charge in [0.2, 0.25) is 5.91 Å². The van der Waals surface area contributed by atoms with Gasteiger partial charge in [0.1, 0.15) is 5.54 Å². The number of likely N-dealkylation sites (N-methyl/N-ethyl adjacent to an activating group) is 1. The molecule has 0 heterocycles. The Morgan fingerprint density at radius 1 is 1.32 bits per heavy atom. The number of carbonyl (C=O) groups is 2. The number of rotatable bonds is 10. The van der Waals surface area contributed by atoms with Crippen molar-refractivity contribution in [3.8, 4) is 0 Å². The average Bonchev–Trinajstić information content (AvgIpc) is 2.38. The molecule has 0 bridgehead atoms. The predicted molar refractivity (Wildman–Crippen MR) is 79.3 cm³/mol. The number of nitrogens with one attached hydrogen (secondary N) is 2. The van der Waals surface area contributed by atoms with Gasteiger partial charge in [-0.2, -0.15) is 11.8 Å². The lowest BCUT2D eigenvalue weighted by atomic mass is 9.96. The van der Waals surface area contributed by atoms with E-state index in [0.717, 1.165) is 18.7 Å². The Morgan fingerprint density at radius 3 is 2.53 bits per heavy atom. The summed E-state index contributed by atoms with van der Waals surface area (Å²) in [6.45, 7) is 6.77. The lowest BCUT2D eigenvalue weighted by Crippen LogP contribution is -2.50. The number of hydrogen-bond acceptors (Lipinski definition) is 5. The molecule has 1 amide bonds. The SMILES string of the molecule is CCNC(C)(CCCSCC(=O)NC)C(=O)OCC. The number of ether oxygens (including phenoxy) is 1. The summed E-state index contributed by atoms with van der Waals surface area (Å²) < 4.78 is 5.10. The summed E-state index contributed by atoms with van der Waals surface area (Å²) in [5.41, 5.74) is -0.627. The van der Waals surface area contributed by atoms with Crippen molar-refractivity contribution in [2.75, 3.05) is 31.7 Å². The van der Waals surface area contributed by atoms with Gasteiger partial charge in [-0.3, -0.25) is 9.59 Å². The molecule has 5 nitrogen and oxygen atoms in total. The summed E-state index contributed by atoms with van der Waals surface area (Å²) in [5, 5.41) is 5.77. The first kappa shape index (κ1) is 18.2. The van der Waals surface area contributed by atoms with Gasteiger partial charge in [-0.1, -0.05) is 6.92 Å². The molecule has 0 aliphatic heterocycles. The lowest BCUT2D eigenvalue weighted by Gasteiger charge is -2.28. The number of carbonyl (C=O) groups excluding carboxylic acids is 2. The minimum absolute atomic E-state index is 0.0323. The molecule has 0 aromatic rings. The molecule has 0 saturated carbocycles. The zero-order valence-corrected chi connectivity index (χ0v) is 13.2. The summed E-state index contributed by atoms with van der Waals surface area (Å²) in [5.74, 6) is 1.15. The molecule has 112 valence electrons. The second kappa shape index (κ2) is 10.1. The quantitative estimate of drug-likeness (QED) is 0.467. The van der Waals surface area contributed by atoms with Gasteiger partial charge in [-0.05, 0) is 39.0 Å². The van der Waals surface area contributed by atoms with Gasteiger partial charge < -0.3 is 15.4 Å². The van der Waals surface area contributed by atoms with Crippen molar-refractivity contribution < 1.29 is 14.3 Å². The molecular formula is C13H26N2O3S. The van der Waals surface area contributed by atoms with Crippen LogP contribution in [0, 0.1) is 0 Å². The molecule has 0 rings (SSSR count). The fourth-order valence-corrected chi connectivity index (χ4v) is 2.53. The zero-order chi connectivity index (χ0) is 14.7. The molecule has 0 saturated heterocycles. The topological polar surface area (TPSA) is 67.4 Å². The van der Waals surface area contributed by atoms with Gasteiger partial charge in [-0.15, -0.1) is 0 Å². The molecule has 0 aromatic carbocycles. The average molecular weight is 290 g/mol. The Hall–Kier alpha value is -0.750. The van der Waals surface area contributed by atoms with Gasteiger partial charge in [0.15, 0.2) is 0 Å². The van der Waals surface area contributed by atoms with Crippen molar-refractivity contribution in [1.82, 2.24) is 10.6 Å². The molecule has 2 N–H and O–H groups in total. The third-order valence-electron chi connectivity index (χ3n) is 2.77. The van der Waals surface area contributed by atoms with Crippen molar-refractivity contribution in [2.45, 2.75) is 39.2 Å². The summed E-state index contributed by atoms with van der Waals surface area (Å²) in [4.78, 5) is 23.0. The van der Waals surface area contributed by atoms with Crippen LogP contribution in [0.1, 0.15) is 33.6 Å². The van der Waals surface area contributed by atoms with Crippen LogP contribution in [0.25, 0.3) is 0 Å². The number of esters is 1. The lowest BCUT2D eigenvalue weighted by molar-refractivity contribution is -0.150. The van der Waals surface area contributed by atoms with E-state index in [2.05, 4.69) is 10.6 Å². The second-order valence-corrected chi connectivity index (χ2v) is 5.52. The number of thioether (sulfide) groups is 1. The monoisotopic (exact) mass is 290 g/mol. The van der Waals surface area contributed by atoms with E-state index >= 15 is 0 Å². The first-order valence-electron chi connectivity index (χ1n) is 6.70. The largest absolute Gasteiger partial charge is 0.465 e. The maximum atomic E-state index is 11.9. The molecule has 6 heteroatoms. The predicted octanol–water partition coefficient (Wildman–Crippen LogP) is 1.18. The van der Waals surface area contributed by atoms with Crippen LogP contribution in [-0.2, 0) is 14.3 Å². The van der Waals surface area contributed by atoms with Crippen LogP contribution in [0.4, 0.5) is 0 Å². The fourth-order valence-electron chi connectivity index (χ4n) is 1.71. The van der Waals surface area contributed by atoms with Crippen LogP contribution in [0.15, 0.2) is 0 Å². The van der Waals surface area contributed by atoms with Crippen LogP contribution < -0.4 is 10.6 Å². The molecule has 0 radical (unpaired) electrons. The van der Waals surface area contributed by atoms with Gasteiger partial charge in [0.25, 0.3) is 0 Å². The highest BCUT2D eigenvalue weighted by Crippen LogP contribution is 2.17. The van der Waals surface area contributed by atoms with Crippen molar-refractivity contribution >= 4 is 23.6 Å². The Kier molecular flexibility index (Phi) is 9.69. The van der Waals surface area contributed by atoms with Gasteiger partial charge >= 0.3 is 5.97 Å². The van der Waals surface area contributed by atoms with E-state index in [9.17, 15) is 9.59 Å². The van der Waals surface area contributed by atoms with E-state index < -0.39 is 5.54 Å². The molecule has 0 aromatic heterocycles. The molecule has 1 atom stereocenters. The summed E-state index contributed by atoms with van der Waals surface area (Å²) in [7, 11) is 1.63. The first-order chi connectivity index (χ1) is 9.00. The van der Waals surface area contributed by atoms with E-state index in [0.29, 0.717) is 18.8 Å². The Labute approximate surface area is 120 Å². The second-order valence-electron chi connectivity index (χ2n) is 4.41. The summed E-state index contributed by atoms with van der Waals surface area (Å²) in [6, 6.07) is 0. The van der Waals surface area contributed by atoms with Crippen LogP contribution in [0.3, 0.4) is 0 Å². The highest BCUT2D eigenvalue weighted by Gasteiger charge is 2.32. The van der Waals surface area contributed by atoms with Crippen LogP contribution in [0.2, 0.25) is 0 Å². The van der Waals surface area contributed by atoms with E-state index in [1.54, 1.807) is 18.8 Å². The molecule has 0 spiro atoms. The van der Waals surface area contributed by atoms with Crippen molar-refractivity contribution in [1.29, 1.82) is 0 Å². The molecule has 1 unspecified atom stereocenters. The maximum Gasteiger partial charge on any atom is 0.326 e. The minimum atomic E-state index is -0.627. The molecular weight excluding hydrogens is 264 g/mol. The van der Waals surface area contributed by atoms with E-state index in [4.69, 9.17) is 4.74 Å². The van der Waals surface area contributed by atoms with Crippen molar-refractivity contribution in [3.05, 3.63) is 0 Å². The van der Waals surface area contributed by atoms with E-state index in [-0.39, 0.29) is 11.9 Å². The standard InChI is InChI=1S/C13H26N2O3S/c1-5-15-13(3,12(17)18-6-2)8-7-9-19-10-11(16)14-4/h15H,5-10H2,1-4H3,(H,14,16). The van der Waals surface area contributed by atoms with Gasteiger partial charge in [0, 0.05) is 7.05 Å². The molecule has 0 aliphatic rings. The highest BCUT2D eigenvalue weighted by atomic mass is 32.2. The smallest absolute Gasteiger partial charge is 0.326 e. The number of hydrogen-bond donors (Lipinski definition) is 2. The summed E-state index contributed by atoms with van der Waals surface area (Å²) in [6.07, 6.45) is 1.57.